The van der Waals surface area contributed by atoms with Gasteiger partial charge in [-0.25, -0.2) is 0 Å². The molecule has 18 heteroatoms. The Morgan fingerprint density at radius 2 is 1.39 bits per heavy atom. The van der Waals surface area contributed by atoms with Crippen molar-refractivity contribution in [1.29, 1.82) is 0 Å². The summed E-state index contributed by atoms with van der Waals surface area (Å²) < 4.78 is 51.1. The van der Waals surface area contributed by atoms with Crippen molar-refractivity contribution in [3.05, 3.63) is 141 Å². The molecule has 9 rings (SSSR count). The van der Waals surface area contributed by atoms with Gasteiger partial charge < -0.3 is 34.6 Å². The van der Waals surface area contributed by atoms with Gasteiger partial charge in [0.15, 0.2) is 11.5 Å². The average molecular weight is 1130 g/mol. The van der Waals surface area contributed by atoms with E-state index in [2.05, 4.69) is 37.5 Å². The van der Waals surface area contributed by atoms with Gasteiger partial charge >= 0.3 is 0 Å². The number of fused-ring (bicyclic) bond motifs is 8. The van der Waals surface area contributed by atoms with Crippen molar-refractivity contribution < 1.29 is 50.8 Å². The largest absolute Gasteiger partial charge is 0.493 e. The molecule has 0 saturated heterocycles. The van der Waals surface area contributed by atoms with Crippen LogP contribution in [0.1, 0.15) is 126 Å². The van der Waals surface area contributed by atoms with Gasteiger partial charge in [0, 0.05) is 76.5 Å². The van der Waals surface area contributed by atoms with Crippen molar-refractivity contribution in [3.8, 4) is 17.2 Å². The monoisotopic (exact) mass is 1130 g/mol. The Bertz CT molecular complexity index is 3290. The summed E-state index contributed by atoms with van der Waals surface area (Å²) in [6.45, 7) is 9.94. The number of nitrogens with one attached hydrogen (secondary N) is 2. The molecule has 5 aromatic carbocycles. The number of aryl methyl sites for hydroxylation is 2. The maximum Gasteiger partial charge on any atom is 0.272 e. The molecule has 79 heavy (non-hydrogen) atoms. The fourth-order valence-electron chi connectivity index (χ4n) is 11.2. The zero-order valence-corrected chi connectivity index (χ0v) is 48.6. The molecular formula is C61H70N4O11S3. The van der Waals surface area contributed by atoms with Gasteiger partial charge in [-0.2, -0.15) is 8.42 Å². The highest BCUT2D eigenvalue weighted by atomic mass is 33.1. The predicted octanol–water partition coefficient (Wildman–Crippen LogP) is 10.5. The van der Waals surface area contributed by atoms with Gasteiger partial charge in [0.1, 0.15) is 30.0 Å². The minimum Gasteiger partial charge on any atom is -0.493 e. The smallest absolute Gasteiger partial charge is 0.272 e. The zero-order chi connectivity index (χ0) is 56.3. The lowest BCUT2D eigenvalue weighted by Crippen LogP contribution is -2.47. The zero-order valence-electron chi connectivity index (χ0n) is 46.1. The number of ketones is 1. The molecule has 0 radical (unpaired) electrons. The van der Waals surface area contributed by atoms with Crippen molar-refractivity contribution in [1.82, 2.24) is 5.32 Å². The molecule has 0 aromatic heterocycles. The van der Waals surface area contributed by atoms with Crippen LogP contribution < -0.4 is 34.6 Å². The van der Waals surface area contributed by atoms with E-state index < -0.39 is 27.3 Å². The lowest BCUT2D eigenvalue weighted by Gasteiger charge is -2.28. The van der Waals surface area contributed by atoms with E-state index in [1.165, 1.54) is 0 Å². The Kier molecular flexibility index (Phi) is 17.5. The number of nitrogens with zero attached hydrogens (tertiary/aromatic N) is 2. The van der Waals surface area contributed by atoms with Crippen LogP contribution in [0.2, 0.25) is 0 Å². The van der Waals surface area contributed by atoms with Gasteiger partial charge in [-0.05, 0) is 159 Å². The van der Waals surface area contributed by atoms with Crippen LogP contribution in [-0.2, 0) is 67.6 Å². The van der Waals surface area contributed by atoms with Crippen LogP contribution in [0.3, 0.4) is 0 Å². The van der Waals surface area contributed by atoms with E-state index in [0.717, 1.165) is 48.8 Å². The number of benzene rings is 5. The van der Waals surface area contributed by atoms with E-state index in [0.29, 0.717) is 94.1 Å². The molecule has 2 N–H and O–H groups in total. The fraction of sp³-hybridized carbons (Fsp3) is 0.426. The number of rotatable bonds is 22. The topological polar surface area (TPSA) is 187 Å². The molecular weight excluding hydrogens is 1060 g/mol. The molecule has 15 nitrogen and oxygen atoms in total. The van der Waals surface area contributed by atoms with E-state index in [1.54, 1.807) is 71.8 Å². The lowest BCUT2D eigenvalue weighted by molar-refractivity contribution is -0.125. The summed E-state index contributed by atoms with van der Waals surface area (Å²) in [5.41, 5.74) is 8.51. The Morgan fingerprint density at radius 1 is 0.759 bits per heavy atom. The normalized spacial score (nSPS) is 18.2. The molecule has 4 amide bonds. The molecule has 5 aromatic rings. The van der Waals surface area contributed by atoms with E-state index >= 15 is 0 Å². The quantitative estimate of drug-likeness (QED) is 0.0493. The minimum absolute atomic E-state index is 0.0129. The van der Waals surface area contributed by atoms with Gasteiger partial charge in [0.2, 0.25) is 11.8 Å². The number of amides is 4. The van der Waals surface area contributed by atoms with Crippen LogP contribution in [-0.4, -0.2) is 86.4 Å². The van der Waals surface area contributed by atoms with Crippen LogP contribution >= 0.6 is 21.6 Å². The predicted molar refractivity (Wildman–Crippen MR) is 311 cm³/mol. The summed E-state index contributed by atoms with van der Waals surface area (Å²) >= 11 is 0. The fourth-order valence-corrected chi connectivity index (χ4v) is 15.0. The first-order valence-electron chi connectivity index (χ1n) is 27.0. The number of methoxy groups -OCH3 is 1. The molecule has 0 aliphatic carbocycles. The lowest BCUT2D eigenvalue weighted by atomic mass is 9.97. The first-order chi connectivity index (χ1) is 37.8. The highest BCUT2D eigenvalue weighted by molar-refractivity contribution is 8.77. The number of Topliss-reactive ketones (excluding diaryl/α,β-unsaturated/α-hetero) is 1. The van der Waals surface area contributed by atoms with Crippen LogP contribution in [0.25, 0.3) is 0 Å². The molecule has 2 unspecified atom stereocenters. The van der Waals surface area contributed by atoms with Crippen LogP contribution in [0.15, 0.2) is 91.0 Å². The van der Waals surface area contributed by atoms with Crippen LogP contribution in [0.5, 0.6) is 17.2 Å². The van der Waals surface area contributed by atoms with E-state index in [4.69, 9.17) is 18.4 Å². The number of para-hydroxylation sites is 2. The van der Waals surface area contributed by atoms with Crippen molar-refractivity contribution in [3.63, 3.8) is 0 Å². The Balaban J connectivity index is 0.938. The summed E-state index contributed by atoms with van der Waals surface area (Å²) in [5, 5.41) is 4.94. The SMILES string of the molecule is CNC(=O)CCC(C)SSC(C)(C)CCC(=O)C[C@@H](C)C(=O)Nc1cc(COc2cc3c(cc2C)C(=O)N2c4ccccc4C[C@H]2C(S(=O)(=O)OC)C3)cc(COc2cc3c(cc2OC)C(=O)N2c4ccccc4C[C@H]2CC3)c1. The third kappa shape index (κ3) is 12.8. The standard InChI is InChI=1S/C61H70N4O11S3/c1-36-24-48-44(32-56(79(71,72)74-8)52-29-43-14-10-12-16-51(43)65(52)60(48)70)31-53(36)75-34-39-25-40(27-45(26-39)63-58(68)37(2)23-47(66)21-22-61(4,5)78-77-38(3)17-20-57(67)62-6)35-76-55-30-41-18-19-46-28-42-13-9-11-15-50(42)64(46)59(69)49(41)33-54(55)73-7/h9-16,24-27,30-31,33,37-38,46,52,56H,17-23,28-29,32,34-35H2,1-8H3,(H,62,67)(H,63,68)/t37-,38?,46-,52+,56?/m1/s1. The number of anilines is 3. The molecule has 5 atom stereocenters. The summed E-state index contributed by atoms with van der Waals surface area (Å²) in [7, 11) is 3.65. The number of hydrogen-bond acceptors (Lipinski definition) is 13. The molecule has 4 aliphatic rings. The van der Waals surface area contributed by atoms with Gasteiger partial charge in [-0.1, -0.05) is 71.8 Å². The summed E-state index contributed by atoms with van der Waals surface area (Å²) in [5.74, 6) is -0.0213. The first kappa shape index (κ1) is 57.3. The maximum atomic E-state index is 14.4. The number of carbonyl (C=O) groups excluding carboxylic acids is 5. The number of ether oxygens (including phenoxy) is 3. The minimum atomic E-state index is -4.10. The van der Waals surface area contributed by atoms with Crippen LogP contribution in [0.4, 0.5) is 17.1 Å². The van der Waals surface area contributed by atoms with Crippen LogP contribution in [0, 0.1) is 12.8 Å². The van der Waals surface area contributed by atoms with E-state index in [-0.39, 0.29) is 71.5 Å². The van der Waals surface area contributed by atoms with Crippen molar-refractivity contribution in [2.75, 3.05) is 36.4 Å². The number of carbonyl (C=O) groups is 5. The maximum absolute atomic E-state index is 14.4. The highest BCUT2D eigenvalue weighted by Crippen LogP contribution is 2.45. The second-order valence-corrected chi connectivity index (χ2v) is 27.1. The summed E-state index contributed by atoms with van der Waals surface area (Å²) in [4.78, 5) is 71.3. The van der Waals surface area contributed by atoms with Gasteiger partial charge in [-0.3, -0.25) is 28.2 Å². The average Bonchev–Trinajstić information content (AvgIpc) is 4.02. The molecule has 4 heterocycles. The first-order valence-corrected chi connectivity index (χ1v) is 30.7. The third-order valence-electron chi connectivity index (χ3n) is 15.6. The molecule has 418 valence electrons. The molecule has 4 aliphatic heterocycles. The van der Waals surface area contributed by atoms with Crippen molar-refractivity contribution >= 4 is 78.2 Å². The Hall–Kier alpha value is -6.34. The second-order valence-electron chi connectivity index (χ2n) is 21.8. The van der Waals surface area contributed by atoms with Crippen molar-refractivity contribution in [2.24, 2.45) is 5.92 Å². The molecule has 0 saturated carbocycles. The Morgan fingerprint density at radius 3 is 2.08 bits per heavy atom. The van der Waals surface area contributed by atoms with Gasteiger partial charge in [0.25, 0.3) is 21.9 Å². The van der Waals surface area contributed by atoms with Gasteiger partial charge in [-0.15, -0.1) is 0 Å². The van der Waals surface area contributed by atoms with E-state index in [9.17, 15) is 32.4 Å². The highest BCUT2D eigenvalue weighted by Gasteiger charge is 2.48. The summed E-state index contributed by atoms with van der Waals surface area (Å²) in [6.07, 6.45) is 4.87. The van der Waals surface area contributed by atoms with Gasteiger partial charge in [0.05, 0.1) is 20.3 Å². The van der Waals surface area contributed by atoms with Crippen molar-refractivity contribution in [2.45, 2.75) is 139 Å². The third-order valence-corrected chi connectivity index (χ3v) is 21.2. The Labute approximate surface area is 471 Å². The molecule has 0 spiro atoms. The van der Waals surface area contributed by atoms with E-state index in [1.807, 2.05) is 72.5 Å². The second kappa shape index (κ2) is 24.2. The summed E-state index contributed by atoms with van der Waals surface area (Å²) in [6, 6.07) is 27.6. The molecule has 0 bridgehead atoms. The number of hydrogen-bond donors (Lipinski definition) is 2. The molecule has 0 fully saturated rings.